The molecule has 26 heavy (non-hydrogen) atoms. The van der Waals surface area contributed by atoms with Crippen LogP contribution in [0.1, 0.15) is 37.0 Å². The molecule has 0 spiro atoms. The highest BCUT2D eigenvalue weighted by Gasteiger charge is 2.43. The highest BCUT2D eigenvalue weighted by Crippen LogP contribution is 2.33. The second kappa shape index (κ2) is 8.29. The average Bonchev–Trinajstić information content (AvgIpc) is 2.58. The van der Waals surface area contributed by atoms with E-state index in [-0.39, 0.29) is 36.0 Å². The quantitative estimate of drug-likeness (QED) is 0.847. The number of amides is 2. The highest BCUT2D eigenvalue weighted by molar-refractivity contribution is 6.33. The van der Waals surface area contributed by atoms with Crippen LogP contribution in [-0.4, -0.2) is 42.0 Å². The maximum absolute atomic E-state index is 13.0. The van der Waals surface area contributed by atoms with Crippen LogP contribution in [0.4, 0.5) is 13.2 Å². The zero-order valence-electron chi connectivity index (χ0n) is 14.6. The molecule has 8 heteroatoms. The lowest BCUT2D eigenvalue weighted by Crippen LogP contribution is -2.54. The van der Waals surface area contributed by atoms with Crippen molar-refractivity contribution in [1.82, 2.24) is 10.2 Å². The summed E-state index contributed by atoms with van der Waals surface area (Å²) in [7, 11) is 0. The number of carbonyl (C=O) groups excluding carboxylic acids is 2. The molecule has 1 heterocycles. The molecule has 0 aliphatic carbocycles. The van der Waals surface area contributed by atoms with E-state index in [2.05, 4.69) is 5.32 Å². The van der Waals surface area contributed by atoms with E-state index in [0.29, 0.717) is 6.42 Å². The summed E-state index contributed by atoms with van der Waals surface area (Å²) in [6.45, 7) is 3.37. The number of alkyl halides is 3. The fourth-order valence-electron chi connectivity index (χ4n) is 3.02. The molecule has 1 aliphatic rings. The zero-order valence-corrected chi connectivity index (χ0v) is 15.4. The van der Waals surface area contributed by atoms with Crippen LogP contribution < -0.4 is 5.32 Å². The Labute approximate surface area is 155 Å². The molecule has 0 aromatic heterocycles. The van der Waals surface area contributed by atoms with Gasteiger partial charge in [-0.1, -0.05) is 37.6 Å². The van der Waals surface area contributed by atoms with E-state index in [4.69, 9.17) is 11.6 Å². The molecule has 1 aromatic carbocycles. The zero-order chi connectivity index (χ0) is 19.5. The van der Waals surface area contributed by atoms with E-state index in [0.717, 1.165) is 0 Å². The van der Waals surface area contributed by atoms with Crippen LogP contribution in [0.3, 0.4) is 0 Å². The molecule has 2 unspecified atom stereocenters. The molecule has 0 radical (unpaired) electrons. The van der Waals surface area contributed by atoms with Gasteiger partial charge in [0, 0.05) is 13.1 Å². The molecule has 2 atom stereocenters. The van der Waals surface area contributed by atoms with Crippen LogP contribution >= 0.6 is 11.6 Å². The van der Waals surface area contributed by atoms with Gasteiger partial charge in [-0.15, -0.1) is 0 Å². The number of nitrogens with one attached hydrogen (secondary N) is 1. The Morgan fingerprint density at radius 2 is 1.92 bits per heavy atom. The van der Waals surface area contributed by atoms with Gasteiger partial charge in [-0.3, -0.25) is 9.59 Å². The van der Waals surface area contributed by atoms with Crippen LogP contribution in [-0.2, 0) is 4.79 Å². The first-order chi connectivity index (χ1) is 12.1. The number of hydrogen-bond acceptors (Lipinski definition) is 2. The predicted molar refractivity (Wildman–Crippen MR) is 92.9 cm³/mol. The van der Waals surface area contributed by atoms with Gasteiger partial charge in [0.05, 0.1) is 16.5 Å². The van der Waals surface area contributed by atoms with Gasteiger partial charge in [-0.25, -0.2) is 0 Å². The van der Waals surface area contributed by atoms with Gasteiger partial charge in [-0.2, -0.15) is 13.2 Å². The van der Waals surface area contributed by atoms with Gasteiger partial charge >= 0.3 is 6.18 Å². The summed E-state index contributed by atoms with van der Waals surface area (Å²) in [5.41, 5.74) is 0.222. The van der Waals surface area contributed by atoms with E-state index in [9.17, 15) is 22.8 Å². The van der Waals surface area contributed by atoms with Gasteiger partial charge in [0.1, 0.15) is 6.04 Å². The minimum absolute atomic E-state index is 0.0195. The number of benzene rings is 1. The van der Waals surface area contributed by atoms with E-state index >= 15 is 0 Å². The van der Waals surface area contributed by atoms with Crippen molar-refractivity contribution in [3.05, 3.63) is 34.9 Å². The fourth-order valence-corrected chi connectivity index (χ4v) is 3.24. The molecule has 1 N–H and O–H groups in total. The average molecular weight is 391 g/mol. The van der Waals surface area contributed by atoms with Crippen molar-refractivity contribution < 1.29 is 22.8 Å². The standard InChI is InChI=1S/C18H22ClF3N2O2/c1-11(2)15(23-16(25)13-7-3-4-8-14(13)19)17(26)24-9-5-6-12(10-24)18(20,21)22/h3-4,7-8,11-12,15H,5-6,9-10H2,1-2H3,(H,23,25). The monoisotopic (exact) mass is 390 g/mol. The third-order valence-electron chi connectivity index (χ3n) is 4.53. The van der Waals surface area contributed by atoms with Gasteiger partial charge in [0.15, 0.2) is 0 Å². The molecule has 1 fully saturated rings. The van der Waals surface area contributed by atoms with Gasteiger partial charge in [-0.05, 0) is 30.9 Å². The summed E-state index contributed by atoms with van der Waals surface area (Å²) in [4.78, 5) is 26.4. The third kappa shape index (κ3) is 4.90. The maximum Gasteiger partial charge on any atom is 0.393 e. The van der Waals surface area contributed by atoms with Crippen LogP contribution in [0.5, 0.6) is 0 Å². The Morgan fingerprint density at radius 3 is 2.50 bits per heavy atom. The molecule has 4 nitrogen and oxygen atoms in total. The second-order valence-corrected chi connectivity index (χ2v) is 7.25. The Balaban J connectivity index is 2.12. The molecule has 1 aliphatic heterocycles. The van der Waals surface area contributed by atoms with Crippen LogP contribution in [0.2, 0.25) is 5.02 Å². The number of halogens is 4. The fraction of sp³-hybridized carbons (Fsp3) is 0.556. The predicted octanol–water partition coefficient (Wildman–Crippen LogP) is 3.90. The van der Waals surface area contributed by atoms with Crippen molar-refractivity contribution >= 4 is 23.4 Å². The number of piperidine rings is 1. The molecular weight excluding hydrogens is 369 g/mol. The topological polar surface area (TPSA) is 49.4 Å². The Hall–Kier alpha value is -1.76. The molecule has 144 valence electrons. The van der Waals surface area contributed by atoms with Crippen molar-refractivity contribution in [2.24, 2.45) is 11.8 Å². The third-order valence-corrected chi connectivity index (χ3v) is 4.86. The first kappa shape index (κ1) is 20.6. The molecule has 2 rings (SSSR count). The van der Waals surface area contributed by atoms with Crippen molar-refractivity contribution in [3.8, 4) is 0 Å². The van der Waals surface area contributed by atoms with Crippen molar-refractivity contribution in [2.45, 2.75) is 38.9 Å². The van der Waals surface area contributed by atoms with Crippen LogP contribution in [0.25, 0.3) is 0 Å². The van der Waals surface area contributed by atoms with Crippen molar-refractivity contribution in [3.63, 3.8) is 0 Å². The maximum atomic E-state index is 13.0. The van der Waals surface area contributed by atoms with Gasteiger partial charge < -0.3 is 10.2 Å². The lowest BCUT2D eigenvalue weighted by molar-refractivity contribution is -0.188. The molecule has 0 saturated carbocycles. The van der Waals surface area contributed by atoms with Crippen molar-refractivity contribution in [2.75, 3.05) is 13.1 Å². The first-order valence-electron chi connectivity index (χ1n) is 8.52. The van der Waals surface area contributed by atoms with E-state index in [1.54, 1.807) is 32.0 Å². The van der Waals surface area contributed by atoms with Crippen LogP contribution in [0, 0.1) is 11.8 Å². The van der Waals surface area contributed by atoms with E-state index in [1.165, 1.54) is 11.0 Å². The Bertz CT molecular complexity index is 664. The summed E-state index contributed by atoms with van der Waals surface area (Å²) in [6.07, 6.45) is -4.02. The van der Waals surface area contributed by atoms with Gasteiger partial charge in [0.2, 0.25) is 5.91 Å². The highest BCUT2D eigenvalue weighted by atomic mass is 35.5. The summed E-state index contributed by atoms with van der Waals surface area (Å²) < 4.78 is 39.0. The summed E-state index contributed by atoms with van der Waals surface area (Å²) in [6, 6.07) is 5.49. The minimum atomic E-state index is -4.33. The lowest BCUT2D eigenvalue weighted by Gasteiger charge is -2.36. The normalized spacial score (nSPS) is 19.3. The number of likely N-dealkylation sites (tertiary alicyclic amines) is 1. The first-order valence-corrected chi connectivity index (χ1v) is 8.90. The summed E-state index contributed by atoms with van der Waals surface area (Å²) in [5, 5.41) is 2.87. The molecule has 1 saturated heterocycles. The smallest absolute Gasteiger partial charge is 0.340 e. The number of carbonyl (C=O) groups is 2. The Kier molecular flexibility index (Phi) is 6.55. The van der Waals surface area contributed by atoms with E-state index < -0.39 is 30.0 Å². The molecule has 1 aromatic rings. The number of nitrogens with zero attached hydrogens (tertiary/aromatic N) is 1. The Morgan fingerprint density at radius 1 is 1.27 bits per heavy atom. The largest absolute Gasteiger partial charge is 0.393 e. The number of rotatable bonds is 4. The SMILES string of the molecule is CC(C)C(NC(=O)c1ccccc1Cl)C(=O)N1CCCC(C(F)(F)F)C1. The molecule has 0 bridgehead atoms. The molecule has 2 amide bonds. The second-order valence-electron chi connectivity index (χ2n) is 6.84. The lowest BCUT2D eigenvalue weighted by atomic mass is 9.95. The van der Waals surface area contributed by atoms with Crippen molar-refractivity contribution in [1.29, 1.82) is 0 Å². The summed E-state index contributed by atoms with van der Waals surface area (Å²) >= 11 is 6.00. The number of hydrogen-bond donors (Lipinski definition) is 1. The van der Waals surface area contributed by atoms with Gasteiger partial charge in [0.25, 0.3) is 5.91 Å². The van der Waals surface area contributed by atoms with Crippen LogP contribution in [0.15, 0.2) is 24.3 Å². The molecular formula is C18H22ClF3N2O2. The van der Waals surface area contributed by atoms with E-state index in [1.807, 2.05) is 0 Å². The summed E-state index contributed by atoms with van der Waals surface area (Å²) in [5.74, 6) is -2.81. The minimum Gasteiger partial charge on any atom is -0.340 e.